The first kappa shape index (κ1) is 19.0. The Morgan fingerprint density at radius 3 is 2.44 bits per heavy atom. The summed E-state index contributed by atoms with van der Waals surface area (Å²) in [6.07, 6.45) is 3.10. The van der Waals surface area contributed by atoms with Crippen LogP contribution in [0.15, 0.2) is 24.3 Å². The summed E-state index contributed by atoms with van der Waals surface area (Å²) in [5.74, 6) is -3.35. The van der Waals surface area contributed by atoms with Gasteiger partial charge in [0.05, 0.1) is 11.8 Å². The number of imide groups is 1. The molecular weight excluding hydrogens is 355 g/mol. The van der Waals surface area contributed by atoms with Crippen molar-refractivity contribution in [2.24, 2.45) is 11.8 Å². The summed E-state index contributed by atoms with van der Waals surface area (Å²) in [4.78, 5) is 50.0. The predicted octanol–water partition coefficient (Wildman–Crippen LogP) is 1.87. The lowest BCUT2D eigenvalue weighted by Gasteiger charge is -2.21. The van der Waals surface area contributed by atoms with Crippen molar-refractivity contribution in [1.82, 2.24) is 4.90 Å². The van der Waals surface area contributed by atoms with Crippen molar-refractivity contribution >= 4 is 29.4 Å². The number of esters is 1. The Balaban J connectivity index is 1.55. The Kier molecular flexibility index (Phi) is 5.53. The molecule has 0 aromatic heterocycles. The van der Waals surface area contributed by atoms with Crippen molar-refractivity contribution < 1.29 is 28.3 Å². The molecule has 2 aliphatic rings. The van der Waals surface area contributed by atoms with Crippen molar-refractivity contribution in [2.45, 2.75) is 38.6 Å². The highest BCUT2D eigenvalue weighted by Crippen LogP contribution is 2.38. The fraction of sp³-hybridized carbons (Fsp3) is 0.474. The number of amides is 3. The number of nitrogens with one attached hydrogen (secondary N) is 1. The van der Waals surface area contributed by atoms with E-state index in [1.165, 1.54) is 25.1 Å². The van der Waals surface area contributed by atoms with E-state index in [1.807, 2.05) is 0 Å². The molecule has 7 nitrogen and oxygen atoms in total. The summed E-state index contributed by atoms with van der Waals surface area (Å²) < 4.78 is 18.0. The van der Waals surface area contributed by atoms with E-state index >= 15 is 0 Å². The van der Waals surface area contributed by atoms with Gasteiger partial charge in [-0.25, -0.2) is 9.18 Å². The predicted molar refractivity (Wildman–Crippen MR) is 92.8 cm³/mol. The van der Waals surface area contributed by atoms with E-state index in [2.05, 4.69) is 5.32 Å². The van der Waals surface area contributed by atoms with Gasteiger partial charge in [-0.2, -0.15) is 0 Å². The minimum Gasteiger partial charge on any atom is -0.454 e. The maximum Gasteiger partial charge on any atom is 0.329 e. The average molecular weight is 376 g/mol. The lowest BCUT2D eigenvalue weighted by molar-refractivity contribution is -0.159. The number of rotatable bonds is 5. The number of hydrogen-bond donors (Lipinski definition) is 1. The molecule has 1 saturated heterocycles. The molecule has 1 N–H and O–H groups in total. The molecule has 0 bridgehead atoms. The van der Waals surface area contributed by atoms with Crippen LogP contribution in [0.4, 0.5) is 10.1 Å². The first-order valence-electron chi connectivity index (χ1n) is 8.97. The molecule has 1 saturated carbocycles. The molecule has 0 spiro atoms. The van der Waals surface area contributed by atoms with Gasteiger partial charge >= 0.3 is 5.97 Å². The van der Waals surface area contributed by atoms with Crippen molar-refractivity contribution in [1.29, 1.82) is 0 Å². The molecule has 0 radical (unpaired) electrons. The van der Waals surface area contributed by atoms with Gasteiger partial charge in [0, 0.05) is 5.69 Å². The molecule has 1 aromatic rings. The van der Waals surface area contributed by atoms with Gasteiger partial charge in [0.2, 0.25) is 11.8 Å². The first-order chi connectivity index (χ1) is 12.9. The van der Waals surface area contributed by atoms with Crippen LogP contribution in [0.25, 0.3) is 0 Å². The number of carbonyl (C=O) groups excluding carboxylic acids is 4. The number of benzene rings is 1. The fourth-order valence-electron chi connectivity index (χ4n) is 3.70. The van der Waals surface area contributed by atoms with E-state index in [0.29, 0.717) is 12.8 Å². The molecule has 1 aromatic carbocycles. The standard InChI is InChI=1S/C19H21FN2O5/c1-11(22-17(24)14-7-2-3-8-15(14)18(22)25)19(26)27-10-16(23)21-13-6-4-5-12(20)9-13/h4-6,9,11,14-15H,2-3,7-8,10H2,1H3,(H,21,23)/t11-,14-,15-/m0/s1. The summed E-state index contributed by atoms with van der Waals surface area (Å²) >= 11 is 0. The highest BCUT2D eigenvalue weighted by atomic mass is 19.1. The third-order valence-corrected chi connectivity index (χ3v) is 5.06. The molecule has 0 unspecified atom stereocenters. The van der Waals surface area contributed by atoms with Crippen LogP contribution in [0.1, 0.15) is 32.6 Å². The lowest BCUT2D eigenvalue weighted by Crippen LogP contribution is -2.45. The van der Waals surface area contributed by atoms with Crippen LogP contribution in [0.5, 0.6) is 0 Å². The molecule has 8 heteroatoms. The topological polar surface area (TPSA) is 92.8 Å². The summed E-state index contributed by atoms with van der Waals surface area (Å²) in [6.45, 7) is 0.822. The van der Waals surface area contributed by atoms with Crippen LogP contribution in [0, 0.1) is 17.7 Å². The molecular formula is C19H21FN2O5. The van der Waals surface area contributed by atoms with Gasteiger partial charge in [-0.05, 0) is 38.0 Å². The Bertz CT molecular complexity index is 757. The minimum absolute atomic E-state index is 0.234. The largest absolute Gasteiger partial charge is 0.454 e. The quantitative estimate of drug-likeness (QED) is 0.626. The number of fused-ring (bicyclic) bond motifs is 1. The van der Waals surface area contributed by atoms with Crippen molar-refractivity contribution in [2.75, 3.05) is 11.9 Å². The van der Waals surface area contributed by atoms with E-state index in [0.717, 1.165) is 23.8 Å². The van der Waals surface area contributed by atoms with E-state index in [1.54, 1.807) is 0 Å². The minimum atomic E-state index is -1.09. The highest BCUT2D eigenvalue weighted by molar-refractivity contribution is 6.08. The Morgan fingerprint density at radius 2 is 1.85 bits per heavy atom. The average Bonchev–Trinajstić information content (AvgIpc) is 2.90. The molecule has 1 heterocycles. The Hall–Kier alpha value is -2.77. The molecule has 27 heavy (non-hydrogen) atoms. The number of anilines is 1. The fourth-order valence-corrected chi connectivity index (χ4v) is 3.70. The zero-order chi connectivity index (χ0) is 19.6. The normalized spacial score (nSPS) is 23.0. The smallest absolute Gasteiger partial charge is 0.329 e. The van der Waals surface area contributed by atoms with Crippen LogP contribution in [-0.2, 0) is 23.9 Å². The SMILES string of the molecule is C[C@@H](C(=O)OCC(=O)Nc1cccc(F)c1)N1C(=O)[C@H]2CCCC[C@@H]2C1=O. The molecule has 3 atom stereocenters. The monoisotopic (exact) mass is 376 g/mol. The molecule has 3 amide bonds. The zero-order valence-electron chi connectivity index (χ0n) is 14.9. The Labute approximate surface area is 155 Å². The Morgan fingerprint density at radius 1 is 1.22 bits per heavy atom. The van der Waals surface area contributed by atoms with Gasteiger partial charge in [0.1, 0.15) is 11.9 Å². The maximum absolute atomic E-state index is 13.1. The third-order valence-electron chi connectivity index (χ3n) is 5.06. The second-order valence-corrected chi connectivity index (χ2v) is 6.89. The van der Waals surface area contributed by atoms with Crippen molar-refractivity contribution in [3.05, 3.63) is 30.1 Å². The van der Waals surface area contributed by atoms with Gasteiger partial charge in [0.25, 0.3) is 5.91 Å². The number of ether oxygens (including phenoxy) is 1. The van der Waals surface area contributed by atoms with E-state index in [-0.39, 0.29) is 29.3 Å². The van der Waals surface area contributed by atoms with Crippen LogP contribution in [-0.4, -0.2) is 41.2 Å². The second kappa shape index (κ2) is 7.85. The van der Waals surface area contributed by atoms with Gasteiger partial charge in [-0.15, -0.1) is 0 Å². The van der Waals surface area contributed by atoms with E-state index < -0.39 is 30.3 Å². The van der Waals surface area contributed by atoms with Crippen LogP contribution < -0.4 is 5.32 Å². The molecule has 1 aliphatic heterocycles. The molecule has 3 rings (SSSR count). The lowest BCUT2D eigenvalue weighted by atomic mass is 9.81. The molecule has 2 fully saturated rings. The number of nitrogens with zero attached hydrogens (tertiary/aromatic N) is 1. The van der Waals surface area contributed by atoms with E-state index in [9.17, 15) is 23.6 Å². The van der Waals surface area contributed by atoms with Gasteiger partial charge in [-0.3, -0.25) is 19.3 Å². The highest BCUT2D eigenvalue weighted by Gasteiger charge is 2.51. The van der Waals surface area contributed by atoms with Crippen molar-refractivity contribution in [3.8, 4) is 0 Å². The first-order valence-corrected chi connectivity index (χ1v) is 8.97. The maximum atomic E-state index is 13.1. The van der Waals surface area contributed by atoms with Gasteiger partial charge in [-0.1, -0.05) is 18.9 Å². The zero-order valence-corrected chi connectivity index (χ0v) is 14.9. The van der Waals surface area contributed by atoms with Crippen LogP contribution in [0.3, 0.4) is 0 Å². The number of hydrogen-bond acceptors (Lipinski definition) is 5. The summed E-state index contributed by atoms with van der Waals surface area (Å²) in [7, 11) is 0. The number of carbonyl (C=O) groups is 4. The van der Waals surface area contributed by atoms with Gasteiger partial charge in [0.15, 0.2) is 6.61 Å². The van der Waals surface area contributed by atoms with Crippen molar-refractivity contribution in [3.63, 3.8) is 0 Å². The second-order valence-electron chi connectivity index (χ2n) is 6.89. The van der Waals surface area contributed by atoms with Crippen LogP contribution >= 0.6 is 0 Å². The van der Waals surface area contributed by atoms with E-state index in [4.69, 9.17) is 4.74 Å². The summed E-state index contributed by atoms with van der Waals surface area (Å²) in [6, 6.07) is 4.21. The number of halogens is 1. The molecule has 144 valence electrons. The van der Waals surface area contributed by atoms with Gasteiger partial charge < -0.3 is 10.1 Å². The molecule has 1 aliphatic carbocycles. The van der Waals surface area contributed by atoms with Crippen LogP contribution in [0.2, 0.25) is 0 Å². The third kappa shape index (κ3) is 3.99. The summed E-state index contributed by atoms with van der Waals surface area (Å²) in [5, 5.41) is 2.40. The number of likely N-dealkylation sites (tertiary alicyclic amines) is 1. The summed E-state index contributed by atoms with van der Waals surface area (Å²) in [5.41, 5.74) is 0.234.